The number of ether oxygens (including phenoxy) is 2. The second kappa shape index (κ2) is 14.5. The number of carbonyl (C=O) groups excluding carboxylic acids is 2. The molecule has 0 aliphatic rings. The van der Waals surface area contributed by atoms with Gasteiger partial charge in [-0.15, -0.1) is 0 Å². The van der Waals surface area contributed by atoms with Crippen LogP contribution >= 0.6 is 0 Å². The zero-order valence-electron chi connectivity index (χ0n) is 24.3. The van der Waals surface area contributed by atoms with E-state index in [2.05, 4.69) is 5.32 Å². The Morgan fingerprint density at radius 1 is 0.878 bits per heavy atom. The number of anilines is 1. The summed E-state index contributed by atoms with van der Waals surface area (Å²) in [5, 5.41) is 2.88. The number of sulfonamides is 1. The van der Waals surface area contributed by atoms with E-state index in [1.165, 1.54) is 24.1 Å². The monoisotopic (exact) mass is 581 g/mol. The van der Waals surface area contributed by atoms with Gasteiger partial charge in [-0.1, -0.05) is 43.2 Å². The smallest absolute Gasteiger partial charge is 0.264 e. The largest absolute Gasteiger partial charge is 0.497 e. The second-order valence-electron chi connectivity index (χ2n) is 9.71. The third-order valence-corrected chi connectivity index (χ3v) is 8.55. The summed E-state index contributed by atoms with van der Waals surface area (Å²) in [5.41, 5.74) is 1.97. The van der Waals surface area contributed by atoms with Crippen LogP contribution in [0.1, 0.15) is 37.8 Å². The number of benzene rings is 3. The average Bonchev–Trinajstić information content (AvgIpc) is 2.98. The Morgan fingerprint density at radius 2 is 1.44 bits per heavy atom. The Kier molecular flexibility index (Phi) is 11.2. The van der Waals surface area contributed by atoms with Crippen LogP contribution in [0, 0.1) is 6.92 Å². The number of methoxy groups -OCH3 is 2. The first-order valence-corrected chi connectivity index (χ1v) is 15.0. The minimum absolute atomic E-state index is 0.0544. The molecule has 3 rings (SSSR count). The Labute approximate surface area is 243 Å². The first-order valence-electron chi connectivity index (χ1n) is 13.5. The van der Waals surface area contributed by atoms with E-state index < -0.39 is 28.5 Å². The second-order valence-corrected chi connectivity index (χ2v) is 11.6. The van der Waals surface area contributed by atoms with E-state index in [1.807, 2.05) is 26.0 Å². The van der Waals surface area contributed by atoms with Gasteiger partial charge >= 0.3 is 0 Å². The molecular formula is C31H39N3O6S. The van der Waals surface area contributed by atoms with Gasteiger partial charge < -0.3 is 19.7 Å². The highest BCUT2D eigenvalue weighted by molar-refractivity contribution is 7.92. The van der Waals surface area contributed by atoms with Gasteiger partial charge in [-0.3, -0.25) is 13.9 Å². The molecule has 0 aromatic heterocycles. The van der Waals surface area contributed by atoms with E-state index in [-0.39, 0.29) is 17.3 Å². The van der Waals surface area contributed by atoms with Crippen molar-refractivity contribution in [1.82, 2.24) is 10.2 Å². The topological polar surface area (TPSA) is 105 Å². The van der Waals surface area contributed by atoms with Crippen LogP contribution in [0.15, 0.2) is 77.7 Å². The van der Waals surface area contributed by atoms with Crippen LogP contribution in [0.2, 0.25) is 0 Å². The van der Waals surface area contributed by atoms with Gasteiger partial charge in [0.25, 0.3) is 10.0 Å². The first-order chi connectivity index (χ1) is 19.6. The molecule has 1 atom stereocenters. The number of unbranched alkanes of at least 4 members (excludes halogenated alkanes) is 1. The number of hydrogen-bond donors (Lipinski definition) is 1. The number of hydrogen-bond acceptors (Lipinski definition) is 6. The summed E-state index contributed by atoms with van der Waals surface area (Å²) < 4.78 is 39.3. The predicted molar refractivity (Wildman–Crippen MR) is 160 cm³/mol. The lowest BCUT2D eigenvalue weighted by molar-refractivity contribution is -0.139. The standard InChI is InChI=1S/C31H39N3O6S/c1-6-7-20-32-31(36)24(3)33(21-25-10-14-27(39-4)15-11-25)30(35)22-34(26-12-16-28(40-5)17-13-26)41(37,38)29-18-8-23(2)9-19-29/h8-19,24H,6-7,20-22H2,1-5H3,(H,32,36)/t24-/m0/s1. The summed E-state index contributed by atoms with van der Waals surface area (Å²) in [6, 6.07) is 19.2. The summed E-state index contributed by atoms with van der Waals surface area (Å²) >= 11 is 0. The molecule has 0 heterocycles. The molecular weight excluding hydrogens is 542 g/mol. The highest BCUT2D eigenvalue weighted by Crippen LogP contribution is 2.27. The highest BCUT2D eigenvalue weighted by Gasteiger charge is 2.32. The molecule has 0 aliphatic carbocycles. The number of amides is 2. The van der Waals surface area contributed by atoms with Gasteiger partial charge in [0.05, 0.1) is 24.8 Å². The molecule has 0 bridgehead atoms. The molecule has 0 fully saturated rings. The molecule has 0 aliphatic heterocycles. The van der Waals surface area contributed by atoms with Gasteiger partial charge in [-0.05, 0) is 74.4 Å². The molecule has 0 unspecified atom stereocenters. The van der Waals surface area contributed by atoms with E-state index in [4.69, 9.17) is 9.47 Å². The van der Waals surface area contributed by atoms with E-state index in [1.54, 1.807) is 62.6 Å². The van der Waals surface area contributed by atoms with Crippen molar-refractivity contribution in [2.24, 2.45) is 0 Å². The van der Waals surface area contributed by atoms with Crippen molar-refractivity contribution in [3.63, 3.8) is 0 Å². The van der Waals surface area contributed by atoms with Crippen LogP contribution < -0.4 is 19.1 Å². The lowest BCUT2D eigenvalue weighted by Crippen LogP contribution is -2.51. The molecule has 3 aromatic carbocycles. The molecule has 220 valence electrons. The fourth-order valence-corrected chi connectivity index (χ4v) is 5.58. The number of aryl methyl sites for hydroxylation is 1. The molecule has 0 saturated heterocycles. The van der Waals surface area contributed by atoms with Crippen LogP contribution in [-0.4, -0.2) is 58.5 Å². The average molecular weight is 582 g/mol. The maximum atomic E-state index is 14.0. The van der Waals surface area contributed by atoms with Crippen LogP contribution in [0.4, 0.5) is 5.69 Å². The SMILES string of the molecule is CCCCNC(=O)[C@H](C)N(Cc1ccc(OC)cc1)C(=O)CN(c1ccc(OC)cc1)S(=O)(=O)c1ccc(C)cc1. The molecule has 1 N–H and O–H groups in total. The molecule has 0 radical (unpaired) electrons. The Balaban J connectivity index is 2.00. The maximum absolute atomic E-state index is 14.0. The van der Waals surface area contributed by atoms with E-state index in [9.17, 15) is 18.0 Å². The van der Waals surface area contributed by atoms with Crippen molar-refractivity contribution in [3.05, 3.63) is 83.9 Å². The third kappa shape index (κ3) is 8.23. The van der Waals surface area contributed by atoms with Crippen molar-refractivity contribution in [3.8, 4) is 11.5 Å². The zero-order valence-corrected chi connectivity index (χ0v) is 25.1. The van der Waals surface area contributed by atoms with Gasteiger partial charge in [-0.2, -0.15) is 0 Å². The predicted octanol–water partition coefficient (Wildman–Crippen LogP) is 4.54. The molecule has 9 nitrogen and oxygen atoms in total. The number of nitrogens with zero attached hydrogens (tertiary/aromatic N) is 2. The lowest BCUT2D eigenvalue weighted by Gasteiger charge is -2.32. The van der Waals surface area contributed by atoms with Crippen LogP contribution in [0.3, 0.4) is 0 Å². The minimum atomic E-state index is -4.14. The van der Waals surface area contributed by atoms with Crippen molar-refractivity contribution in [1.29, 1.82) is 0 Å². The van der Waals surface area contributed by atoms with Crippen molar-refractivity contribution >= 4 is 27.5 Å². The van der Waals surface area contributed by atoms with E-state index >= 15 is 0 Å². The highest BCUT2D eigenvalue weighted by atomic mass is 32.2. The van der Waals surface area contributed by atoms with Gasteiger partial charge in [0, 0.05) is 13.1 Å². The Morgan fingerprint density at radius 3 is 1.98 bits per heavy atom. The number of nitrogens with one attached hydrogen (secondary N) is 1. The minimum Gasteiger partial charge on any atom is -0.497 e. The molecule has 2 amide bonds. The summed E-state index contributed by atoms with van der Waals surface area (Å²) in [7, 11) is -1.05. The normalized spacial score (nSPS) is 11.8. The van der Waals surface area contributed by atoms with Crippen molar-refractivity contribution in [2.75, 3.05) is 31.6 Å². The Hall–Kier alpha value is -4.05. The zero-order chi connectivity index (χ0) is 30.0. The summed E-state index contributed by atoms with van der Waals surface area (Å²) in [6.07, 6.45) is 1.72. The maximum Gasteiger partial charge on any atom is 0.264 e. The van der Waals surface area contributed by atoms with Crippen LogP contribution in [0.25, 0.3) is 0 Å². The van der Waals surface area contributed by atoms with Gasteiger partial charge in [0.2, 0.25) is 11.8 Å². The third-order valence-electron chi connectivity index (χ3n) is 6.76. The fourth-order valence-electron chi connectivity index (χ4n) is 4.16. The molecule has 41 heavy (non-hydrogen) atoms. The first kappa shape index (κ1) is 31.5. The van der Waals surface area contributed by atoms with Crippen LogP contribution in [0.5, 0.6) is 11.5 Å². The summed E-state index contributed by atoms with van der Waals surface area (Å²) in [4.78, 5) is 28.5. The summed E-state index contributed by atoms with van der Waals surface area (Å²) in [5.74, 6) is 0.376. The molecule has 3 aromatic rings. The van der Waals surface area contributed by atoms with E-state index in [0.717, 1.165) is 28.3 Å². The van der Waals surface area contributed by atoms with Crippen LogP contribution in [-0.2, 0) is 26.2 Å². The van der Waals surface area contributed by atoms with Gasteiger partial charge in [-0.25, -0.2) is 8.42 Å². The van der Waals surface area contributed by atoms with Gasteiger partial charge in [0.15, 0.2) is 0 Å². The summed E-state index contributed by atoms with van der Waals surface area (Å²) in [6.45, 7) is 5.62. The fraction of sp³-hybridized carbons (Fsp3) is 0.355. The van der Waals surface area contributed by atoms with E-state index in [0.29, 0.717) is 23.7 Å². The number of rotatable bonds is 14. The van der Waals surface area contributed by atoms with Crippen molar-refractivity contribution in [2.45, 2.75) is 51.1 Å². The Bertz CT molecular complexity index is 1390. The molecule has 10 heteroatoms. The quantitative estimate of drug-likeness (QED) is 0.280. The number of carbonyl (C=O) groups is 2. The molecule has 0 spiro atoms. The van der Waals surface area contributed by atoms with Gasteiger partial charge in [0.1, 0.15) is 24.1 Å². The lowest BCUT2D eigenvalue weighted by atomic mass is 10.1. The molecule has 0 saturated carbocycles. The van der Waals surface area contributed by atoms with Crippen molar-refractivity contribution < 1.29 is 27.5 Å².